The highest BCUT2D eigenvalue weighted by atomic mass is 16.5. The molecule has 2 amide bonds. The summed E-state index contributed by atoms with van der Waals surface area (Å²) >= 11 is 0. The van der Waals surface area contributed by atoms with Crippen LogP contribution in [0.3, 0.4) is 0 Å². The highest BCUT2D eigenvalue weighted by molar-refractivity contribution is 5.97. The fraction of sp³-hybridized carbons (Fsp3) is 0.455. The maximum absolute atomic E-state index is 13.0. The molecule has 2 aliphatic heterocycles. The molecule has 162 valence electrons. The van der Waals surface area contributed by atoms with Crippen LogP contribution in [0.1, 0.15) is 61.3 Å². The molecule has 1 aromatic carbocycles. The molecular weight excluding hydrogens is 400 g/mol. The van der Waals surface area contributed by atoms with Crippen molar-refractivity contribution in [2.75, 3.05) is 13.7 Å². The van der Waals surface area contributed by atoms with Crippen molar-refractivity contribution in [3.63, 3.8) is 0 Å². The van der Waals surface area contributed by atoms with E-state index in [1.807, 2.05) is 12.1 Å². The van der Waals surface area contributed by atoms with E-state index in [-0.39, 0.29) is 19.2 Å². The first-order valence-corrected chi connectivity index (χ1v) is 10.6. The van der Waals surface area contributed by atoms with Crippen LogP contribution in [0, 0.1) is 0 Å². The minimum absolute atomic E-state index is 0.0395. The summed E-state index contributed by atoms with van der Waals surface area (Å²) in [7, 11) is 1.58. The van der Waals surface area contributed by atoms with E-state index in [1.165, 1.54) is 24.2 Å². The molecule has 1 saturated carbocycles. The third kappa shape index (κ3) is 3.64. The lowest BCUT2D eigenvalue weighted by molar-refractivity contribution is -0.136. The molecule has 3 heterocycles. The number of amides is 2. The lowest BCUT2D eigenvalue weighted by Gasteiger charge is -2.32. The van der Waals surface area contributed by atoms with Crippen LogP contribution in [-0.4, -0.2) is 40.8 Å². The molecule has 5 rings (SSSR count). The molecular formula is C22H24N4O5. The number of hydrogen-bond donors (Lipinski definition) is 1. The summed E-state index contributed by atoms with van der Waals surface area (Å²) in [6.45, 7) is 0.133. The van der Waals surface area contributed by atoms with Gasteiger partial charge < -0.3 is 19.3 Å². The van der Waals surface area contributed by atoms with Crippen LogP contribution >= 0.6 is 0 Å². The molecule has 2 aromatic rings. The van der Waals surface area contributed by atoms with Gasteiger partial charge in [0.15, 0.2) is 5.82 Å². The molecule has 3 aliphatic rings. The average Bonchev–Trinajstić information content (AvgIpc) is 3.43. The Morgan fingerprint density at radius 2 is 1.94 bits per heavy atom. The number of hydrogen-bond acceptors (Lipinski definition) is 7. The zero-order valence-corrected chi connectivity index (χ0v) is 17.3. The molecule has 1 N–H and O–H groups in total. The fourth-order valence-electron chi connectivity index (χ4n) is 4.52. The van der Waals surface area contributed by atoms with Gasteiger partial charge in [-0.1, -0.05) is 36.6 Å². The van der Waals surface area contributed by atoms with E-state index in [1.54, 1.807) is 19.2 Å². The maximum Gasteiger partial charge on any atom is 0.338 e. The molecule has 9 nitrogen and oxygen atoms in total. The molecule has 0 radical (unpaired) electrons. The molecule has 1 atom stereocenters. The van der Waals surface area contributed by atoms with Gasteiger partial charge in [0.05, 0.1) is 24.4 Å². The van der Waals surface area contributed by atoms with Crippen molar-refractivity contribution < 1.29 is 23.6 Å². The van der Waals surface area contributed by atoms with Crippen molar-refractivity contribution in [3.05, 3.63) is 52.8 Å². The molecule has 31 heavy (non-hydrogen) atoms. The Kier molecular flexibility index (Phi) is 5.09. The van der Waals surface area contributed by atoms with E-state index in [4.69, 9.17) is 14.0 Å². The van der Waals surface area contributed by atoms with Crippen molar-refractivity contribution in [2.24, 2.45) is 0 Å². The number of urea groups is 1. The van der Waals surface area contributed by atoms with E-state index >= 15 is 0 Å². The van der Waals surface area contributed by atoms with E-state index in [0.717, 1.165) is 18.4 Å². The predicted molar refractivity (Wildman–Crippen MR) is 108 cm³/mol. The number of ether oxygens (including phenoxy) is 2. The normalized spacial score (nSPS) is 21.7. The summed E-state index contributed by atoms with van der Waals surface area (Å²) in [5.41, 5.74) is 1.74. The van der Waals surface area contributed by atoms with Crippen molar-refractivity contribution in [3.8, 4) is 5.75 Å². The van der Waals surface area contributed by atoms with Crippen LogP contribution < -0.4 is 10.1 Å². The van der Waals surface area contributed by atoms with Gasteiger partial charge in [-0.25, -0.2) is 9.59 Å². The maximum atomic E-state index is 13.0. The number of rotatable bonds is 5. The second-order valence-corrected chi connectivity index (χ2v) is 8.06. The first-order chi connectivity index (χ1) is 15.1. The monoisotopic (exact) mass is 424 g/mol. The van der Waals surface area contributed by atoms with Crippen molar-refractivity contribution in [2.45, 2.75) is 50.6 Å². The van der Waals surface area contributed by atoms with Crippen molar-refractivity contribution >= 4 is 12.0 Å². The van der Waals surface area contributed by atoms with Gasteiger partial charge in [-0.15, -0.1) is 0 Å². The number of carbonyl (C=O) groups excluding carboxylic acids is 2. The quantitative estimate of drug-likeness (QED) is 0.735. The van der Waals surface area contributed by atoms with Gasteiger partial charge in [-0.2, -0.15) is 4.98 Å². The van der Waals surface area contributed by atoms with E-state index in [0.29, 0.717) is 34.7 Å². The van der Waals surface area contributed by atoms with Crippen LogP contribution in [0.4, 0.5) is 4.79 Å². The van der Waals surface area contributed by atoms with Crippen molar-refractivity contribution in [1.82, 2.24) is 20.4 Å². The number of carbonyl (C=O) groups is 2. The summed E-state index contributed by atoms with van der Waals surface area (Å²) in [6, 6.07) is 6.31. The Balaban J connectivity index is 1.40. The Morgan fingerprint density at radius 3 is 2.68 bits per heavy atom. The van der Waals surface area contributed by atoms with E-state index in [2.05, 4.69) is 15.5 Å². The first-order valence-electron chi connectivity index (χ1n) is 10.6. The van der Waals surface area contributed by atoms with Gasteiger partial charge in [0.1, 0.15) is 18.9 Å². The summed E-state index contributed by atoms with van der Waals surface area (Å²) in [5, 5.41) is 7.05. The SMILES string of the molecule is COc1ccc([C@@H]2NC(=O)N(Cc3nc(C4CCCCC4)no3)C3=C2C(=O)OC3)cc1. The molecule has 0 spiro atoms. The molecule has 9 heteroatoms. The fourth-order valence-corrected chi connectivity index (χ4v) is 4.52. The summed E-state index contributed by atoms with van der Waals surface area (Å²) in [5.74, 6) is 1.63. The number of cyclic esters (lactones) is 1. The van der Waals surface area contributed by atoms with Crippen LogP contribution in [-0.2, 0) is 16.1 Å². The predicted octanol–water partition coefficient (Wildman–Crippen LogP) is 3.20. The summed E-state index contributed by atoms with van der Waals surface area (Å²) in [4.78, 5) is 31.4. The first kappa shape index (κ1) is 19.6. The zero-order valence-electron chi connectivity index (χ0n) is 17.3. The standard InChI is InChI=1S/C22H24N4O5/c1-29-15-9-7-13(8-10-15)19-18-16(12-30-21(18)27)26(22(28)24-19)11-17-23-20(25-31-17)14-5-3-2-4-6-14/h7-10,14,19H,2-6,11-12H2,1H3,(H,24,28)/t19-/m0/s1. The molecule has 0 saturated heterocycles. The Morgan fingerprint density at radius 1 is 1.16 bits per heavy atom. The highest BCUT2D eigenvalue weighted by Gasteiger charge is 2.42. The number of benzene rings is 1. The number of esters is 1. The zero-order chi connectivity index (χ0) is 21.4. The number of nitrogens with one attached hydrogen (secondary N) is 1. The van der Waals surface area contributed by atoms with Crippen LogP contribution in [0.25, 0.3) is 0 Å². The third-order valence-corrected chi connectivity index (χ3v) is 6.19. The van der Waals surface area contributed by atoms with Crippen LogP contribution in [0.5, 0.6) is 5.75 Å². The molecule has 1 aromatic heterocycles. The van der Waals surface area contributed by atoms with E-state index in [9.17, 15) is 9.59 Å². The Bertz CT molecular complexity index is 1020. The van der Waals surface area contributed by atoms with Crippen LogP contribution in [0.2, 0.25) is 0 Å². The van der Waals surface area contributed by atoms with Gasteiger partial charge in [0, 0.05) is 5.92 Å². The summed E-state index contributed by atoms with van der Waals surface area (Å²) in [6.07, 6.45) is 5.71. The second-order valence-electron chi connectivity index (χ2n) is 8.06. The van der Waals surface area contributed by atoms with Gasteiger partial charge in [0.25, 0.3) is 0 Å². The summed E-state index contributed by atoms with van der Waals surface area (Å²) < 4.78 is 15.9. The smallest absolute Gasteiger partial charge is 0.338 e. The third-order valence-electron chi connectivity index (χ3n) is 6.19. The molecule has 0 unspecified atom stereocenters. The van der Waals surface area contributed by atoms with Crippen molar-refractivity contribution in [1.29, 1.82) is 0 Å². The molecule has 1 fully saturated rings. The largest absolute Gasteiger partial charge is 0.497 e. The average molecular weight is 424 g/mol. The lowest BCUT2D eigenvalue weighted by atomic mass is 9.89. The second kappa shape index (κ2) is 8.05. The minimum atomic E-state index is -0.583. The number of methoxy groups -OCH3 is 1. The Labute approximate surface area is 179 Å². The molecule has 0 bridgehead atoms. The number of aromatic nitrogens is 2. The lowest BCUT2D eigenvalue weighted by Crippen LogP contribution is -2.46. The van der Waals surface area contributed by atoms with Gasteiger partial charge in [-0.05, 0) is 30.5 Å². The molecule has 1 aliphatic carbocycles. The van der Waals surface area contributed by atoms with Crippen LogP contribution in [0.15, 0.2) is 40.1 Å². The van der Waals surface area contributed by atoms with Gasteiger partial charge in [0.2, 0.25) is 5.89 Å². The topological polar surface area (TPSA) is 107 Å². The highest BCUT2D eigenvalue weighted by Crippen LogP contribution is 2.36. The Hall–Kier alpha value is -3.36. The van der Waals surface area contributed by atoms with Gasteiger partial charge >= 0.3 is 12.0 Å². The minimum Gasteiger partial charge on any atom is -0.497 e. The van der Waals surface area contributed by atoms with E-state index < -0.39 is 12.0 Å². The van der Waals surface area contributed by atoms with Gasteiger partial charge in [-0.3, -0.25) is 4.90 Å². The number of nitrogens with zero attached hydrogens (tertiary/aromatic N) is 3.